The molecule has 0 unspecified atom stereocenters. The van der Waals surface area contributed by atoms with Crippen molar-refractivity contribution in [3.63, 3.8) is 0 Å². The molecule has 1 heterocycles. The summed E-state index contributed by atoms with van der Waals surface area (Å²) in [6, 6.07) is 4.82. The van der Waals surface area contributed by atoms with Crippen LogP contribution >= 0.6 is 0 Å². The van der Waals surface area contributed by atoms with Crippen LogP contribution < -0.4 is 5.32 Å². The van der Waals surface area contributed by atoms with E-state index in [1.807, 2.05) is 0 Å². The molecule has 0 spiro atoms. The highest BCUT2D eigenvalue weighted by atomic mass is 32.2. The Hall–Kier alpha value is -1.93. The van der Waals surface area contributed by atoms with Crippen molar-refractivity contribution >= 4 is 21.9 Å². The van der Waals surface area contributed by atoms with Gasteiger partial charge in [-0.1, -0.05) is 6.42 Å². The maximum Gasteiger partial charge on any atom is 0.337 e. The summed E-state index contributed by atoms with van der Waals surface area (Å²) in [6.07, 6.45) is 2.03. The molecule has 0 aromatic heterocycles. The van der Waals surface area contributed by atoms with Crippen LogP contribution in [0.2, 0.25) is 0 Å². The number of amides is 1. The van der Waals surface area contributed by atoms with Crippen molar-refractivity contribution in [2.45, 2.75) is 30.2 Å². The molecule has 1 saturated heterocycles. The molecule has 1 aromatic carbocycles. The van der Waals surface area contributed by atoms with Gasteiger partial charge >= 0.3 is 5.97 Å². The number of carbonyl (C=O) groups excluding carboxylic acids is 2. The number of piperidine rings is 1. The summed E-state index contributed by atoms with van der Waals surface area (Å²) in [7, 11) is -1.04. The van der Waals surface area contributed by atoms with Crippen LogP contribution in [-0.4, -0.2) is 51.3 Å². The van der Waals surface area contributed by atoms with E-state index in [0.717, 1.165) is 6.42 Å². The molecule has 1 aliphatic heterocycles. The largest absolute Gasteiger partial charge is 0.465 e. The first kappa shape index (κ1) is 17.4. The van der Waals surface area contributed by atoms with Crippen LogP contribution in [0.15, 0.2) is 29.2 Å². The second kappa shape index (κ2) is 7.10. The summed E-state index contributed by atoms with van der Waals surface area (Å²) in [5.74, 6) is -0.838. The number of carbonyl (C=O) groups is 2. The number of rotatable bonds is 4. The molecule has 1 amide bonds. The Morgan fingerprint density at radius 2 is 1.87 bits per heavy atom. The first-order chi connectivity index (χ1) is 10.9. The molecule has 126 valence electrons. The third-order valence-electron chi connectivity index (χ3n) is 3.88. The number of nitrogens with zero attached hydrogens (tertiary/aromatic N) is 1. The molecule has 1 fully saturated rings. The van der Waals surface area contributed by atoms with Gasteiger partial charge in [-0.2, -0.15) is 4.31 Å². The molecule has 0 saturated carbocycles. The number of likely N-dealkylation sites (N-methyl/N-ethyl adjacent to an activating group) is 1. The van der Waals surface area contributed by atoms with Gasteiger partial charge in [0.1, 0.15) is 6.04 Å². The van der Waals surface area contributed by atoms with Crippen molar-refractivity contribution in [1.29, 1.82) is 0 Å². The normalized spacial score (nSPS) is 19.1. The Kier molecular flexibility index (Phi) is 5.38. The molecule has 0 aliphatic carbocycles. The van der Waals surface area contributed by atoms with Gasteiger partial charge in [0.05, 0.1) is 17.6 Å². The van der Waals surface area contributed by atoms with Gasteiger partial charge in [-0.25, -0.2) is 13.2 Å². The van der Waals surface area contributed by atoms with Crippen molar-refractivity contribution < 1.29 is 22.7 Å². The lowest BCUT2D eigenvalue weighted by Gasteiger charge is -2.33. The summed E-state index contributed by atoms with van der Waals surface area (Å²) in [5.41, 5.74) is 0.271. The Bertz CT molecular complexity index is 684. The summed E-state index contributed by atoms with van der Waals surface area (Å²) in [5, 5.41) is 2.51. The topological polar surface area (TPSA) is 92.8 Å². The van der Waals surface area contributed by atoms with E-state index in [0.29, 0.717) is 19.4 Å². The first-order valence-corrected chi connectivity index (χ1v) is 8.77. The van der Waals surface area contributed by atoms with Crippen molar-refractivity contribution in [3.8, 4) is 0 Å². The fraction of sp³-hybridized carbons (Fsp3) is 0.467. The van der Waals surface area contributed by atoms with Gasteiger partial charge in [0.25, 0.3) is 0 Å². The molecule has 8 heteroatoms. The Morgan fingerprint density at radius 3 is 2.43 bits per heavy atom. The van der Waals surface area contributed by atoms with Crippen LogP contribution in [0.25, 0.3) is 0 Å². The van der Waals surface area contributed by atoms with Crippen molar-refractivity contribution in [3.05, 3.63) is 29.8 Å². The molecule has 1 aromatic rings. The minimum Gasteiger partial charge on any atom is -0.465 e. The lowest BCUT2D eigenvalue weighted by molar-refractivity contribution is -0.125. The molecule has 1 aliphatic rings. The minimum atomic E-state index is -3.80. The third-order valence-corrected chi connectivity index (χ3v) is 5.81. The number of methoxy groups -OCH3 is 1. The number of esters is 1. The predicted octanol–water partition coefficient (Wildman–Crippen LogP) is 0.762. The SMILES string of the molecule is CNC(=O)[C@@H]1CCCCN1S(=O)(=O)c1ccc(C(=O)OC)cc1. The smallest absolute Gasteiger partial charge is 0.337 e. The van der Waals surface area contributed by atoms with Crippen LogP contribution in [0.1, 0.15) is 29.6 Å². The fourth-order valence-corrected chi connectivity index (χ4v) is 4.29. The second-order valence-electron chi connectivity index (χ2n) is 5.26. The van der Waals surface area contributed by atoms with Crippen molar-refractivity contribution in [2.75, 3.05) is 20.7 Å². The number of benzene rings is 1. The van der Waals surface area contributed by atoms with E-state index in [4.69, 9.17) is 0 Å². The lowest BCUT2D eigenvalue weighted by atomic mass is 10.0. The first-order valence-electron chi connectivity index (χ1n) is 7.33. The number of sulfonamides is 1. The molecule has 2 rings (SSSR count). The average Bonchev–Trinajstić information content (AvgIpc) is 2.60. The number of hydrogen-bond donors (Lipinski definition) is 1. The number of nitrogens with one attached hydrogen (secondary N) is 1. The minimum absolute atomic E-state index is 0.0564. The van der Waals surface area contributed by atoms with Crippen LogP contribution in [0.3, 0.4) is 0 Å². The molecular weight excluding hydrogens is 320 g/mol. The van der Waals surface area contributed by atoms with E-state index in [9.17, 15) is 18.0 Å². The van der Waals surface area contributed by atoms with Gasteiger partial charge in [0.2, 0.25) is 15.9 Å². The van der Waals surface area contributed by atoms with Crippen LogP contribution in [0, 0.1) is 0 Å². The maximum absolute atomic E-state index is 12.8. The summed E-state index contributed by atoms with van der Waals surface area (Å²) >= 11 is 0. The Balaban J connectivity index is 2.32. The fourth-order valence-electron chi connectivity index (χ4n) is 2.64. The van der Waals surface area contributed by atoms with E-state index in [1.54, 1.807) is 0 Å². The summed E-state index contributed by atoms with van der Waals surface area (Å²) in [6.45, 7) is 0.305. The van der Waals surface area contributed by atoms with Crippen LogP contribution in [0.5, 0.6) is 0 Å². The molecule has 1 N–H and O–H groups in total. The maximum atomic E-state index is 12.8. The van der Waals surface area contributed by atoms with E-state index in [2.05, 4.69) is 10.1 Å². The molecule has 1 atom stereocenters. The highest BCUT2D eigenvalue weighted by Crippen LogP contribution is 2.25. The van der Waals surface area contributed by atoms with Gasteiger partial charge in [-0.15, -0.1) is 0 Å². The highest BCUT2D eigenvalue weighted by molar-refractivity contribution is 7.89. The molecule has 0 radical (unpaired) electrons. The molecular formula is C15H20N2O5S. The zero-order valence-corrected chi connectivity index (χ0v) is 13.9. The van der Waals surface area contributed by atoms with E-state index < -0.39 is 22.0 Å². The average molecular weight is 340 g/mol. The van der Waals surface area contributed by atoms with Crippen LogP contribution in [-0.2, 0) is 19.6 Å². The monoisotopic (exact) mass is 340 g/mol. The molecule has 23 heavy (non-hydrogen) atoms. The van der Waals surface area contributed by atoms with Crippen molar-refractivity contribution in [1.82, 2.24) is 9.62 Å². The Labute approximate surface area is 135 Å². The van der Waals surface area contributed by atoms with Crippen LogP contribution in [0.4, 0.5) is 0 Å². The zero-order valence-electron chi connectivity index (χ0n) is 13.1. The lowest BCUT2D eigenvalue weighted by Crippen LogP contribution is -2.51. The van der Waals surface area contributed by atoms with E-state index in [-0.39, 0.29) is 16.4 Å². The number of hydrogen-bond acceptors (Lipinski definition) is 5. The highest BCUT2D eigenvalue weighted by Gasteiger charge is 2.37. The van der Waals surface area contributed by atoms with Gasteiger partial charge in [0.15, 0.2) is 0 Å². The summed E-state index contributed by atoms with van der Waals surface area (Å²) in [4.78, 5) is 23.4. The Morgan fingerprint density at radius 1 is 1.22 bits per heavy atom. The summed E-state index contributed by atoms with van der Waals surface area (Å²) < 4.78 is 31.4. The predicted molar refractivity (Wildman–Crippen MR) is 83.4 cm³/mol. The third kappa shape index (κ3) is 3.53. The van der Waals surface area contributed by atoms with Gasteiger partial charge in [0, 0.05) is 13.6 Å². The molecule has 0 bridgehead atoms. The van der Waals surface area contributed by atoms with E-state index >= 15 is 0 Å². The van der Waals surface area contributed by atoms with Gasteiger partial charge in [-0.3, -0.25) is 4.79 Å². The second-order valence-corrected chi connectivity index (χ2v) is 7.15. The quantitative estimate of drug-likeness (QED) is 0.817. The molecule has 7 nitrogen and oxygen atoms in total. The number of ether oxygens (including phenoxy) is 1. The van der Waals surface area contributed by atoms with Crippen molar-refractivity contribution in [2.24, 2.45) is 0 Å². The van der Waals surface area contributed by atoms with Gasteiger partial charge < -0.3 is 10.1 Å². The van der Waals surface area contributed by atoms with Gasteiger partial charge in [-0.05, 0) is 37.1 Å². The zero-order chi connectivity index (χ0) is 17.0. The standard InChI is InChI=1S/C15H20N2O5S/c1-16-14(18)13-5-3-4-10-17(13)23(20,21)12-8-6-11(7-9-12)15(19)22-2/h6-9,13H,3-5,10H2,1-2H3,(H,16,18)/t13-/m0/s1. The van der Waals surface area contributed by atoms with E-state index in [1.165, 1.54) is 42.7 Å².